The number of para-hydroxylation sites is 2. The van der Waals surface area contributed by atoms with Crippen molar-refractivity contribution in [3.63, 3.8) is 0 Å². The smallest absolute Gasteiger partial charge is 0.268 e. The Morgan fingerprint density at radius 1 is 0.429 bits per heavy atom. The molecule has 0 saturated heterocycles. The van der Waals surface area contributed by atoms with Gasteiger partial charge in [-0.05, 0) is 59.0 Å². The Bertz CT molecular complexity index is 2540. The number of carbonyl (C=O) groups is 2. The zero-order chi connectivity index (χ0) is 33.1. The molecule has 0 fully saturated rings. The van der Waals surface area contributed by atoms with Gasteiger partial charge in [0.05, 0.1) is 33.5 Å². The van der Waals surface area contributed by atoms with Gasteiger partial charge in [0, 0.05) is 21.9 Å². The zero-order valence-electron chi connectivity index (χ0n) is 26.8. The van der Waals surface area contributed by atoms with Crippen LogP contribution < -0.4 is 4.90 Å². The lowest BCUT2D eigenvalue weighted by atomic mass is 9.95. The van der Waals surface area contributed by atoms with Gasteiger partial charge in [-0.15, -0.1) is 0 Å². The van der Waals surface area contributed by atoms with Gasteiger partial charge in [-0.3, -0.25) is 9.59 Å². The predicted octanol–water partition coefficient (Wildman–Crippen LogP) is 10.9. The van der Waals surface area contributed by atoms with Crippen LogP contribution in [0.1, 0.15) is 26.3 Å². The van der Waals surface area contributed by atoms with E-state index in [1.807, 2.05) is 103 Å². The molecule has 8 aromatic rings. The minimum Gasteiger partial charge on any atom is -0.308 e. The van der Waals surface area contributed by atoms with Gasteiger partial charge in [-0.25, -0.2) is 4.90 Å². The molecular formula is C45H30N2O2. The van der Waals surface area contributed by atoms with Crippen LogP contribution >= 0.6 is 0 Å². The van der Waals surface area contributed by atoms with Crippen molar-refractivity contribution < 1.29 is 9.59 Å². The summed E-state index contributed by atoms with van der Waals surface area (Å²) in [7, 11) is 0. The third kappa shape index (κ3) is 4.45. The molecule has 1 aliphatic heterocycles. The van der Waals surface area contributed by atoms with Crippen molar-refractivity contribution in [1.82, 2.24) is 4.57 Å². The summed E-state index contributed by atoms with van der Waals surface area (Å²) in [6.45, 7) is 2.12. The summed E-state index contributed by atoms with van der Waals surface area (Å²) in [5, 5.41) is 2.17. The highest BCUT2D eigenvalue weighted by atomic mass is 16.2. The fourth-order valence-corrected chi connectivity index (χ4v) is 7.44. The molecule has 0 N–H and O–H groups in total. The van der Waals surface area contributed by atoms with E-state index in [1.165, 1.54) is 10.5 Å². The van der Waals surface area contributed by atoms with E-state index in [0.717, 1.165) is 55.2 Å². The molecule has 232 valence electrons. The molecule has 0 radical (unpaired) electrons. The summed E-state index contributed by atoms with van der Waals surface area (Å²) in [5.41, 5.74) is 10.9. The molecular weight excluding hydrogens is 601 g/mol. The molecule has 1 aromatic heterocycles. The van der Waals surface area contributed by atoms with E-state index < -0.39 is 0 Å². The number of imide groups is 1. The highest BCUT2D eigenvalue weighted by Gasteiger charge is 2.41. The maximum absolute atomic E-state index is 15.0. The topological polar surface area (TPSA) is 42.3 Å². The summed E-state index contributed by atoms with van der Waals surface area (Å²) in [6, 6.07) is 54.6. The molecule has 9 rings (SSSR count). The quantitative estimate of drug-likeness (QED) is 0.178. The molecule has 1 aliphatic rings. The number of hydrogen-bond donors (Lipinski definition) is 0. The number of aryl methyl sites for hydroxylation is 1. The van der Waals surface area contributed by atoms with E-state index >= 15 is 0 Å². The standard InChI is InChI=1S/C45H30N2O2/c1-29-14-8-9-19-33(29)32-26-27-37-36-20-10-11-24-39(36)46(41(37)28-32)40-25-13-23-38-42(40)45(49)47(44(38)48)43-34(30-15-4-2-5-16-30)21-12-22-35(43)31-17-6-3-7-18-31/h2-28H,1H3. The average Bonchev–Trinajstić information content (AvgIpc) is 3.62. The highest BCUT2D eigenvalue weighted by molar-refractivity contribution is 6.37. The van der Waals surface area contributed by atoms with Gasteiger partial charge >= 0.3 is 0 Å². The number of amides is 2. The monoisotopic (exact) mass is 630 g/mol. The maximum Gasteiger partial charge on any atom is 0.268 e. The first-order valence-electron chi connectivity index (χ1n) is 16.5. The van der Waals surface area contributed by atoms with Gasteiger partial charge in [0.25, 0.3) is 11.8 Å². The number of carbonyl (C=O) groups excluding carboxylic acids is 2. The molecule has 49 heavy (non-hydrogen) atoms. The number of benzene rings is 7. The zero-order valence-corrected chi connectivity index (χ0v) is 26.8. The average molecular weight is 631 g/mol. The van der Waals surface area contributed by atoms with Crippen molar-refractivity contribution in [3.8, 4) is 39.1 Å². The van der Waals surface area contributed by atoms with Crippen LogP contribution in [0.15, 0.2) is 164 Å². The molecule has 2 heterocycles. The Morgan fingerprint density at radius 3 is 1.71 bits per heavy atom. The van der Waals surface area contributed by atoms with Crippen LogP contribution in [0, 0.1) is 6.92 Å². The molecule has 0 unspecified atom stereocenters. The number of anilines is 1. The summed E-state index contributed by atoms with van der Waals surface area (Å²) in [5.74, 6) is -0.666. The molecule has 2 amide bonds. The van der Waals surface area contributed by atoms with Crippen molar-refractivity contribution in [2.75, 3.05) is 4.90 Å². The van der Waals surface area contributed by atoms with Gasteiger partial charge < -0.3 is 4.57 Å². The minimum atomic E-state index is -0.336. The minimum absolute atomic E-state index is 0.330. The van der Waals surface area contributed by atoms with Crippen LogP contribution in [0.2, 0.25) is 0 Å². The fourth-order valence-electron chi connectivity index (χ4n) is 7.44. The number of fused-ring (bicyclic) bond motifs is 4. The van der Waals surface area contributed by atoms with Gasteiger partial charge in [-0.1, -0.05) is 140 Å². The van der Waals surface area contributed by atoms with Gasteiger partial charge in [0.15, 0.2) is 0 Å². The predicted molar refractivity (Wildman–Crippen MR) is 199 cm³/mol. The van der Waals surface area contributed by atoms with E-state index in [4.69, 9.17) is 0 Å². The Kier molecular flexibility index (Phi) is 6.63. The van der Waals surface area contributed by atoms with Gasteiger partial charge in [-0.2, -0.15) is 0 Å². The largest absolute Gasteiger partial charge is 0.308 e. The first kappa shape index (κ1) is 28.7. The SMILES string of the molecule is Cc1ccccc1-c1ccc2c3ccccc3n(-c3cccc4c3C(=O)N(c3c(-c5ccccc5)cccc3-c3ccccc3)C4=O)c2c1. The third-order valence-electron chi connectivity index (χ3n) is 9.69. The molecule has 0 spiro atoms. The number of rotatable bonds is 5. The van der Waals surface area contributed by atoms with Crippen molar-refractivity contribution in [3.05, 3.63) is 180 Å². The molecule has 0 bridgehead atoms. The van der Waals surface area contributed by atoms with Crippen LogP contribution in [0.4, 0.5) is 5.69 Å². The van der Waals surface area contributed by atoms with Crippen LogP contribution in [0.5, 0.6) is 0 Å². The van der Waals surface area contributed by atoms with E-state index in [2.05, 4.69) is 66.1 Å². The first-order valence-corrected chi connectivity index (χ1v) is 16.5. The number of hydrogen-bond acceptors (Lipinski definition) is 2. The third-order valence-corrected chi connectivity index (χ3v) is 9.69. The van der Waals surface area contributed by atoms with Crippen LogP contribution in [0.25, 0.3) is 60.9 Å². The Hall–Kier alpha value is -6.52. The second-order valence-corrected chi connectivity index (χ2v) is 12.5. The Labute approximate surface area is 284 Å². The van der Waals surface area contributed by atoms with E-state index in [9.17, 15) is 9.59 Å². The summed E-state index contributed by atoms with van der Waals surface area (Å²) in [6.07, 6.45) is 0. The molecule has 0 aliphatic carbocycles. The fraction of sp³-hybridized carbons (Fsp3) is 0.0222. The number of nitrogens with zero attached hydrogens (tertiary/aromatic N) is 2. The Balaban J connectivity index is 1.29. The lowest BCUT2D eigenvalue weighted by molar-refractivity contribution is 0.0926. The van der Waals surface area contributed by atoms with Crippen molar-refractivity contribution >= 4 is 39.3 Å². The second kappa shape index (κ2) is 11.3. The lowest BCUT2D eigenvalue weighted by Gasteiger charge is -2.23. The summed E-state index contributed by atoms with van der Waals surface area (Å²) < 4.78 is 2.15. The molecule has 4 heteroatoms. The van der Waals surface area contributed by atoms with E-state index in [0.29, 0.717) is 22.5 Å². The van der Waals surface area contributed by atoms with Crippen LogP contribution in [0.3, 0.4) is 0 Å². The van der Waals surface area contributed by atoms with Gasteiger partial charge in [0.1, 0.15) is 0 Å². The van der Waals surface area contributed by atoms with Gasteiger partial charge in [0.2, 0.25) is 0 Å². The van der Waals surface area contributed by atoms with Crippen LogP contribution in [-0.2, 0) is 0 Å². The van der Waals surface area contributed by atoms with Crippen LogP contribution in [-0.4, -0.2) is 16.4 Å². The van der Waals surface area contributed by atoms with Crippen molar-refractivity contribution in [2.45, 2.75) is 6.92 Å². The molecule has 4 nitrogen and oxygen atoms in total. The molecule has 7 aromatic carbocycles. The number of aromatic nitrogens is 1. The first-order chi connectivity index (χ1) is 24.1. The Morgan fingerprint density at radius 2 is 1.00 bits per heavy atom. The highest BCUT2D eigenvalue weighted by Crippen LogP contribution is 2.45. The molecule has 0 saturated carbocycles. The summed E-state index contributed by atoms with van der Waals surface area (Å²) in [4.78, 5) is 31.0. The van der Waals surface area contributed by atoms with Crippen molar-refractivity contribution in [2.24, 2.45) is 0 Å². The lowest BCUT2D eigenvalue weighted by Crippen LogP contribution is -2.30. The maximum atomic E-state index is 15.0. The second-order valence-electron chi connectivity index (χ2n) is 12.5. The van der Waals surface area contributed by atoms with E-state index in [-0.39, 0.29) is 11.8 Å². The molecule has 0 atom stereocenters. The normalized spacial score (nSPS) is 12.6. The summed E-state index contributed by atoms with van der Waals surface area (Å²) >= 11 is 0. The van der Waals surface area contributed by atoms with Crippen molar-refractivity contribution in [1.29, 1.82) is 0 Å². The van der Waals surface area contributed by atoms with E-state index in [1.54, 1.807) is 6.07 Å².